The van der Waals surface area contributed by atoms with Crippen LogP contribution in [-0.4, -0.2) is 26.4 Å². The first-order chi connectivity index (χ1) is 12.5. The average Bonchev–Trinajstić information content (AvgIpc) is 3.00. The first-order valence-corrected chi connectivity index (χ1v) is 8.62. The topological polar surface area (TPSA) is 98.3 Å². The van der Waals surface area contributed by atoms with Crippen LogP contribution >= 0.6 is 11.6 Å². The van der Waals surface area contributed by atoms with Gasteiger partial charge < -0.3 is 14.4 Å². The smallest absolute Gasteiger partial charge is 0.303 e. The Labute approximate surface area is 154 Å². The average molecular weight is 376 g/mol. The van der Waals surface area contributed by atoms with E-state index in [0.29, 0.717) is 39.6 Å². The van der Waals surface area contributed by atoms with Crippen molar-refractivity contribution < 1.29 is 19.2 Å². The van der Waals surface area contributed by atoms with Gasteiger partial charge in [-0.1, -0.05) is 23.7 Å². The lowest BCUT2D eigenvalue weighted by molar-refractivity contribution is -0.136. The van der Waals surface area contributed by atoms with Crippen LogP contribution in [0.3, 0.4) is 0 Å². The van der Waals surface area contributed by atoms with Gasteiger partial charge in [0, 0.05) is 17.9 Å². The van der Waals surface area contributed by atoms with E-state index in [-0.39, 0.29) is 18.9 Å². The van der Waals surface area contributed by atoms with Gasteiger partial charge >= 0.3 is 5.97 Å². The van der Waals surface area contributed by atoms with E-state index in [1.165, 1.54) is 0 Å². The molecule has 0 amide bonds. The summed E-state index contributed by atoms with van der Waals surface area (Å²) in [5.74, 6) is -0.438. The van der Waals surface area contributed by atoms with E-state index in [2.05, 4.69) is 15.4 Å². The fourth-order valence-electron chi connectivity index (χ4n) is 2.57. The number of halogens is 1. The highest BCUT2D eigenvalue weighted by molar-refractivity contribution is 6.32. The van der Waals surface area contributed by atoms with Crippen molar-refractivity contribution in [2.24, 2.45) is 0 Å². The number of aliphatic carboxylic acids is 1. The van der Waals surface area contributed by atoms with E-state index >= 15 is 0 Å². The van der Waals surface area contributed by atoms with Gasteiger partial charge in [0.05, 0.1) is 22.8 Å². The number of rotatable bonds is 7. The van der Waals surface area contributed by atoms with Crippen LogP contribution in [-0.2, 0) is 11.2 Å². The number of carbonyl (C=O) groups is 1. The van der Waals surface area contributed by atoms with Crippen LogP contribution in [0.25, 0.3) is 11.0 Å². The Balaban J connectivity index is 1.86. The highest BCUT2D eigenvalue weighted by Crippen LogP contribution is 2.35. The quantitative estimate of drug-likeness (QED) is 0.662. The SMILES string of the molecule is CC[C@H](Oc1cc2onc(CCC(=O)O)c2cc1Cl)c1ccc(C)nn1. The molecule has 0 radical (unpaired) electrons. The Morgan fingerprint density at radius 1 is 1.35 bits per heavy atom. The first-order valence-electron chi connectivity index (χ1n) is 8.24. The molecule has 0 unspecified atom stereocenters. The zero-order valence-corrected chi connectivity index (χ0v) is 15.2. The van der Waals surface area contributed by atoms with Crippen molar-refractivity contribution in [3.63, 3.8) is 0 Å². The number of aromatic nitrogens is 3. The molecule has 136 valence electrons. The summed E-state index contributed by atoms with van der Waals surface area (Å²) in [5, 5.41) is 22.1. The minimum absolute atomic E-state index is 0.0263. The van der Waals surface area contributed by atoms with Gasteiger partial charge in [0.1, 0.15) is 17.5 Å². The summed E-state index contributed by atoms with van der Waals surface area (Å²) in [6.07, 6.45) is 0.635. The van der Waals surface area contributed by atoms with Crippen LogP contribution in [0, 0.1) is 6.92 Å². The molecule has 7 nitrogen and oxygen atoms in total. The molecule has 26 heavy (non-hydrogen) atoms. The van der Waals surface area contributed by atoms with Crippen LogP contribution < -0.4 is 4.74 Å². The molecular weight excluding hydrogens is 358 g/mol. The van der Waals surface area contributed by atoms with Crippen molar-refractivity contribution in [1.29, 1.82) is 0 Å². The molecule has 1 aromatic carbocycles. The molecule has 0 aliphatic carbocycles. The predicted molar refractivity (Wildman–Crippen MR) is 95.4 cm³/mol. The van der Waals surface area contributed by atoms with Gasteiger partial charge in [-0.3, -0.25) is 4.79 Å². The number of fused-ring (bicyclic) bond motifs is 1. The highest BCUT2D eigenvalue weighted by atomic mass is 35.5. The van der Waals surface area contributed by atoms with Crippen molar-refractivity contribution in [2.75, 3.05) is 0 Å². The maximum Gasteiger partial charge on any atom is 0.303 e. The molecule has 3 aromatic rings. The van der Waals surface area contributed by atoms with E-state index in [1.54, 1.807) is 12.1 Å². The van der Waals surface area contributed by atoms with E-state index in [0.717, 1.165) is 5.69 Å². The molecule has 0 fully saturated rings. The van der Waals surface area contributed by atoms with Crippen molar-refractivity contribution in [1.82, 2.24) is 15.4 Å². The van der Waals surface area contributed by atoms with Crippen molar-refractivity contribution in [2.45, 2.75) is 39.2 Å². The second-order valence-corrected chi connectivity index (χ2v) is 6.32. The van der Waals surface area contributed by atoms with Crippen LogP contribution in [0.2, 0.25) is 5.02 Å². The number of carboxylic acid groups (broad SMARTS) is 1. The second-order valence-electron chi connectivity index (χ2n) is 5.92. The fourth-order valence-corrected chi connectivity index (χ4v) is 2.78. The van der Waals surface area contributed by atoms with Gasteiger partial charge in [0.25, 0.3) is 0 Å². The molecule has 3 rings (SSSR count). The van der Waals surface area contributed by atoms with Crippen molar-refractivity contribution >= 4 is 28.5 Å². The zero-order valence-electron chi connectivity index (χ0n) is 14.4. The van der Waals surface area contributed by atoms with Gasteiger partial charge in [0.15, 0.2) is 5.58 Å². The lowest BCUT2D eigenvalue weighted by Gasteiger charge is -2.17. The monoisotopic (exact) mass is 375 g/mol. The number of ether oxygens (including phenoxy) is 1. The molecule has 2 heterocycles. The maximum atomic E-state index is 10.7. The summed E-state index contributed by atoms with van der Waals surface area (Å²) in [6.45, 7) is 3.85. The maximum absolute atomic E-state index is 10.7. The second kappa shape index (κ2) is 7.70. The Morgan fingerprint density at radius 2 is 2.15 bits per heavy atom. The van der Waals surface area contributed by atoms with Gasteiger partial charge in [-0.25, -0.2) is 0 Å². The number of carboxylic acids is 1. The minimum atomic E-state index is -0.891. The zero-order chi connectivity index (χ0) is 18.7. The Bertz CT molecular complexity index is 924. The number of nitrogens with zero attached hydrogens (tertiary/aromatic N) is 3. The van der Waals surface area contributed by atoms with Gasteiger partial charge in [0.2, 0.25) is 0 Å². The largest absolute Gasteiger partial charge is 0.482 e. The molecule has 1 atom stereocenters. The number of aryl methyl sites for hydroxylation is 2. The Hall–Kier alpha value is -2.67. The molecule has 0 saturated carbocycles. The number of hydrogen-bond donors (Lipinski definition) is 1. The summed E-state index contributed by atoms with van der Waals surface area (Å²) in [5.41, 5.74) is 2.61. The van der Waals surface area contributed by atoms with Crippen molar-refractivity contribution in [3.05, 3.63) is 46.4 Å². The van der Waals surface area contributed by atoms with Crippen LogP contribution in [0.1, 0.15) is 43.0 Å². The van der Waals surface area contributed by atoms with Crippen molar-refractivity contribution in [3.8, 4) is 5.75 Å². The first kappa shape index (κ1) is 18.1. The van der Waals surface area contributed by atoms with Gasteiger partial charge in [-0.05, 0) is 31.5 Å². The third-order valence-electron chi connectivity index (χ3n) is 3.96. The number of hydrogen-bond acceptors (Lipinski definition) is 6. The van der Waals surface area contributed by atoms with E-state index in [1.807, 2.05) is 26.0 Å². The third-order valence-corrected chi connectivity index (χ3v) is 4.26. The van der Waals surface area contributed by atoms with Gasteiger partial charge in [-0.2, -0.15) is 10.2 Å². The molecular formula is C18H18ClN3O4. The summed E-state index contributed by atoms with van der Waals surface area (Å²) < 4.78 is 11.3. The van der Waals surface area contributed by atoms with Crippen LogP contribution in [0.5, 0.6) is 5.75 Å². The standard InChI is InChI=1S/C18H18ClN3O4/c1-3-15(14-5-4-10(2)20-21-14)25-17-9-16-11(8-12(17)19)13(22-26-16)6-7-18(23)24/h4-5,8-9,15H,3,6-7H2,1-2H3,(H,23,24)/t15-/m0/s1. The van der Waals surface area contributed by atoms with E-state index < -0.39 is 5.97 Å². The summed E-state index contributed by atoms with van der Waals surface area (Å²) in [4.78, 5) is 10.7. The highest BCUT2D eigenvalue weighted by Gasteiger charge is 2.18. The molecule has 0 saturated heterocycles. The van der Waals surface area contributed by atoms with Crippen LogP contribution in [0.15, 0.2) is 28.8 Å². The fraction of sp³-hybridized carbons (Fsp3) is 0.333. The molecule has 2 aromatic heterocycles. The molecule has 0 aliphatic rings. The van der Waals surface area contributed by atoms with E-state index in [4.69, 9.17) is 26.0 Å². The Kier molecular flexibility index (Phi) is 5.37. The molecule has 0 bridgehead atoms. The van der Waals surface area contributed by atoms with E-state index in [9.17, 15) is 4.79 Å². The summed E-state index contributed by atoms with van der Waals surface area (Å²) in [7, 11) is 0. The summed E-state index contributed by atoms with van der Waals surface area (Å²) >= 11 is 6.36. The predicted octanol–water partition coefficient (Wildman–Crippen LogP) is 4.13. The molecule has 8 heteroatoms. The molecule has 1 N–H and O–H groups in total. The van der Waals surface area contributed by atoms with Crippen LogP contribution in [0.4, 0.5) is 0 Å². The lowest BCUT2D eigenvalue weighted by atomic mass is 10.1. The molecule has 0 spiro atoms. The normalized spacial score (nSPS) is 12.3. The lowest BCUT2D eigenvalue weighted by Crippen LogP contribution is -2.09. The minimum Gasteiger partial charge on any atom is -0.482 e. The third kappa shape index (κ3) is 3.94. The summed E-state index contributed by atoms with van der Waals surface area (Å²) in [6, 6.07) is 7.11. The number of benzene rings is 1. The molecule has 0 aliphatic heterocycles. The Morgan fingerprint density at radius 3 is 2.81 bits per heavy atom. The van der Waals surface area contributed by atoms with Gasteiger partial charge in [-0.15, -0.1) is 0 Å².